The van der Waals surface area contributed by atoms with Crippen molar-refractivity contribution in [1.82, 2.24) is 14.5 Å². The SMILES string of the molecule is CCN1CCN(c2ccc(NC(=O)CSc3nccn3-c3cccc(OC)c3)cc2)CC1. The molecule has 0 aliphatic carbocycles. The molecule has 2 aromatic carbocycles. The third kappa shape index (κ3) is 5.44. The summed E-state index contributed by atoms with van der Waals surface area (Å²) in [6.45, 7) is 7.58. The molecule has 1 aliphatic heterocycles. The maximum absolute atomic E-state index is 12.5. The number of carbonyl (C=O) groups is 1. The number of hydrogen-bond donors (Lipinski definition) is 1. The molecule has 1 aromatic heterocycles. The molecule has 8 heteroatoms. The van der Waals surface area contributed by atoms with E-state index < -0.39 is 0 Å². The molecule has 0 bridgehead atoms. The van der Waals surface area contributed by atoms with E-state index >= 15 is 0 Å². The highest BCUT2D eigenvalue weighted by Crippen LogP contribution is 2.24. The molecule has 3 aromatic rings. The molecule has 7 nitrogen and oxygen atoms in total. The van der Waals surface area contributed by atoms with Crippen LogP contribution in [-0.2, 0) is 4.79 Å². The summed E-state index contributed by atoms with van der Waals surface area (Å²) in [5, 5.41) is 3.74. The first kappa shape index (κ1) is 22.2. The minimum Gasteiger partial charge on any atom is -0.497 e. The van der Waals surface area contributed by atoms with Gasteiger partial charge in [-0.3, -0.25) is 9.36 Å². The van der Waals surface area contributed by atoms with Crippen molar-refractivity contribution in [2.24, 2.45) is 0 Å². The van der Waals surface area contributed by atoms with Crippen molar-refractivity contribution in [2.45, 2.75) is 12.1 Å². The Hall–Kier alpha value is -2.97. The van der Waals surface area contributed by atoms with Gasteiger partial charge in [0.05, 0.1) is 18.6 Å². The number of methoxy groups -OCH3 is 1. The number of hydrogen-bond acceptors (Lipinski definition) is 6. The Bertz CT molecular complexity index is 1030. The first-order chi connectivity index (χ1) is 15.7. The number of anilines is 2. The Morgan fingerprint density at radius 3 is 2.59 bits per heavy atom. The number of rotatable bonds is 8. The normalized spacial score (nSPS) is 14.4. The Balaban J connectivity index is 1.31. The van der Waals surface area contributed by atoms with Gasteiger partial charge in [-0.1, -0.05) is 24.8 Å². The molecule has 1 amide bonds. The van der Waals surface area contributed by atoms with E-state index in [1.54, 1.807) is 13.3 Å². The van der Waals surface area contributed by atoms with Crippen LogP contribution >= 0.6 is 11.8 Å². The zero-order valence-corrected chi connectivity index (χ0v) is 19.3. The molecule has 0 radical (unpaired) electrons. The van der Waals surface area contributed by atoms with Gasteiger partial charge in [0, 0.05) is 56.0 Å². The molecule has 0 atom stereocenters. The number of piperazine rings is 1. The van der Waals surface area contributed by atoms with Gasteiger partial charge in [0.15, 0.2) is 5.16 Å². The lowest BCUT2D eigenvalue weighted by molar-refractivity contribution is -0.113. The quantitative estimate of drug-likeness (QED) is 0.527. The summed E-state index contributed by atoms with van der Waals surface area (Å²) in [5.74, 6) is 1.00. The molecule has 4 rings (SSSR count). The Morgan fingerprint density at radius 2 is 1.88 bits per heavy atom. The highest BCUT2D eigenvalue weighted by Gasteiger charge is 2.16. The van der Waals surface area contributed by atoms with Crippen molar-refractivity contribution in [3.8, 4) is 11.4 Å². The molecule has 1 N–H and O–H groups in total. The van der Waals surface area contributed by atoms with Gasteiger partial charge < -0.3 is 19.9 Å². The molecule has 2 heterocycles. The smallest absolute Gasteiger partial charge is 0.234 e. The van der Waals surface area contributed by atoms with Crippen LogP contribution in [0.15, 0.2) is 66.1 Å². The van der Waals surface area contributed by atoms with Gasteiger partial charge >= 0.3 is 0 Å². The van der Waals surface area contributed by atoms with Crippen molar-refractivity contribution >= 4 is 29.0 Å². The van der Waals surface area contributed by atoms with Crippen LogP contribution in [0.25, 0.3) is 5.69 Å². The third-order valence-corrected chi connectivity index (χ3v) is 6.57. The highest BCUT2D eigenvalue weighted by molar-refractivity contribution is 7.99. The molecular formula is C24H29N5O2S. The second-order valence-electron chi connectivity index (χ2n) is 7.59. The fourth-order valence-electron chi connectivity index (χ4n) is 3.76. The van der Waals surface area contributed by atoms with Gasteiger partial charge in [-0.05, 0) is 42.9 Å². The van der Waals surface area contributed by atoms with Crippen LogP contribution in [0.4, 0.5) is 11.4 Å². The van der Waals surface area contributed by atoms with Crippen LogP contribution in [-0.4, -0.2) is 65.9 Å². The monoisotopic (exact) mass is 451 g/mol. The summed E-state index contributed by atoms with van der Waals surface area (Å²) in [6, 6.07) is 15.9. The van der Waals surface area contributed by atoms with E-state index in [-0.39, 0.29) is 11.7 Å². The second kappa shape index (κ2) is 10.6. The van der Waals surface area contributed by atoms with E-state index in [2.05, 4.69) is 39.2 Å². The molecule has 0 saturated carbocycles. The predicted octanol–water partition coefficient (Wildman–Crippen LogP) is 3.75. The summed E-state index contributed by atoms with van der Waals surface area (Å²) in [7, 11) is 1.64. The number of nitrogens with zero attached hydrogens (tertiary/aromatic N) is 4. The number of imidazole rings is 1. The molecule has 1 saturated heterocycles. The first-order valence-corrected chi connectivity index (χ1v) is 11.8. The largest absolute Gasteiger partial charge is 0.497 e. The van der Waals surface area contributed by atoms with Crippen LogP contribution in [0.3, 0.4) is 0 Å². The summed E-state index contributed by atoms with van der Waals surface area (Å²) in [4.78, 5) is 21.8. The van der Waals surface area contributed by atoms with Crippen LogP contribution in [0, 0.1) is 0 Å². The van der Waals surface area contributed by atoms with Crippen molar-refractivity contribution in [3.05, 3.63) is 60.9 Å². The van der Waals surface area contributed by atoms with Gasteiger partial charge in [0.1, 0.15) is 5.75 Å². The number of aromatic nitrogens is 2. The Labute approximate surface area is 193 Å². The topological polar surface area (TPSA) is 62.6 Å². The minimum absolute atomic E-state index is 0.0560. The van der Waals surface area contributed by atoms with Crippen LogP contribution in [0.1, 0.15) is 6.92 Å². The summed E-state index contributed by atoms with van der Waals surface area (Å²) in [5.41, 5.74) is 2.95. The zero-order chi connectivity index (χ0) is 22.3. The number of ether oxygens (including phenoxy) is 1. The predicted molar refractivity (Wildman–Crippen MR) is 130 cm³/mol. The Kier molecular flexibility index (Phi) is 7.34. The van der Waals surface area contributed by atoms with E-state index in [1.807, 2.05) is 47.2 Å². The third-order valence-electron chi connectivity index (χ3n) is 5.61. The van der Waals surface area contributed by atoms with Crippen LogP contribution < -0.4 is 15.0 Å². The molecule has 0 unspecified atom stereocenters. The number of nitrogens with one attached hydrogen (secondary N) is 1. The molecule has 168 valence electrons. The van der Waals surface area contributed by atoms with Gasteiger partial charge in [-0.25, -0.2) is 4.98 Å². The number of amides is 1. The van der Waals surface area contributed by atoms with Gasteiger partial charge in [0.25, 0.3) is 0 Å². The maximum atomic E-state index is 12.5. The Morgan fingerprint density at radius 1 is 1.09 bits per heavy atom. The van der Waals surface area contributed by atoms with Gasteiger partial charge in [0.2, 0.25) is 5.91 Å². The standard InChI is InChI=1S/C24H29N5O2S/c1-3-27-13-15-28(16-14-27)20-9-7-19(8-10-20)26-23(30)18-32-24-25-11-12-29(24)21-5-4-6-22(17-21)31-2/h4-12,17H,3,13-16,18H2,1-2H3,(H,26,30). The lowest BCUT2D eigenvalue weighted by Crippen LogP contribution is -2.46. The fraction of sp³-hybridized carbons (Fsp3) is 0.333. The van der Waals surface area contributed by atoms with Gasteiger partial charge in [-0.2, -0.15) is 0 Å². The van der Waals surface area contributed by atoms with E-state index in [1.165, 1.54) is 17.4 Å². The van der Waals surface area contributed by atoms with Crippen molar-refractivity contribution in [3.63, 3.8) is 0 Å². The highest BCUT2D eigenvalue weighted by atomic mass is 32.2. The summed E-state index contributed by atoms with van der Waals surface area (Å²) in [6.07, 6.45) is 3.62. The van der Waals surface area contributed by atoms with Crippen molar-refractivity contribution < 1.29 is 9.53 Å². The number of carbonyl (C=O) groups excluding carboxylic acids is 1. The summed E-state index contributed by atoms with van der Waals surface area (Å²) < 4.78 is 7.26. The zero-order valence-electron chi connectivity index (χ0n) is 18.5. The van der Waals surface area contributed by atoms with E-state index in [0.29, 0.717) is 0 Å². The minimum atomic E-state index is -0.0560. The lowest BCUT2D eigenvalue weighted by Gasteiger charge is -2.35. The van der Waals surface area contributed by atoms with Crippen molar-refractivity contribution in [2.75, 3.05) is 55.8 Å². The number of likely N-dealkylation sites (N-methyl/N-ethyl adjacent to an activating group) is 1. The van der Waals surface area contributed by atoms with E-state index in [0.717, 1.165) is 55.0 Å². The van der Waals surface area contributed by atoms with E-state index in [4.69, 9.17) is 4.74 Å². The maximum Gasteiger partial charge on any atom is 0.234 e. The average molecular weight is 452 g/mol. The average Bonchev–Trinajstić information content (AvgIpc) is 3.32. The van der Waals surface area contributed by atoms with Gasteiger partial charge in [-0.15, -0.1) is 0 Å². The molecule has 0 spiro atoms. The fourth-order valence-corrected chi connectivity index (χ4v) is 4.53. The van der Waals surface area contributed by atoms with Crippen LogP contribution in [0.5, 0.6) is 5.75 Å². The molecular weight excluding hydrogens is 422 g/mol. The van der Waals surface area contributed by atoms with Crippen molar-refractivity contribution in [1.29, 1.82) is 0 Å². The number of thioether (sulfide) groups is 1. The number of benzene rings is 2. The molecule has 1 fully saturated rings. The first-order valence-electron chi connectivity index (χ1n) is 10.8. The molecule has 1 aliphatic rings. The van der Waals surface area contributed by atoms with E-state index in [9.17, 15) is 4.79 Å². The van der Waals surface area contributed by atoms with Crippen LogP contribution in [0.2, 0.25) is 0 Å². The lowest BCUT2D eigenvalue weighted by atomic mass is 10.2. The molecule has 32 heavy (non-hydrogen) atoms. The second-order valence-corrected chi connectivity index (χ2v) is 8.53. The summed E-state index contributed by atoms with van der Waals surface area (Å²) >= 11 is 1.40.